The van der Waals surface area contributed by atoms with E-state index >= 15 is 0 Å². The Labute approximate surface area is 158 Å². The molecule has 3 aromatic rings. The number of benzene rings is 1. The van der Waals surface area contributed by atoms with Crippen molar-refractivity contribution in [1.82, 2.24) is 15.6 Å². The van der Waals surface area contributed by atoms with E-state index in [-0.39, 0.29) is 0 Å². The summed E-state index contributed by atoms with van der Waals surface area (Å²) in [4.78, 5) is 8.75. The minimum absolute atomic E-state index is 0.498. The Morgan fingerprint density at radius 3 is 2.77 bits per heavy atom. The molecule has 0 bridgehead atoms. The number of para-hydroxylation sites is 1. The van der Waals surface area contributed by atoms with Crippen LogP contribution in [0.2, 0.25) is 5.15 Å². The first-order valence-corrected chi connectivity index (χ1v) is 9.14. The van der Waals surface area contributed by atoms with Crippen molar-refractivity contribution in [2.24, 2.45) is 4.99 Å². The zero-order valence-corrected chi connectivity index (χ0v) is 15.8. The fraction of sp³-hybridized carbons (Fsp3) is 0.300. The minimum Gasteiger partial charge on any atom is -0.459 e. The van der Waals surface area contributed by atoms with Gasteiger partial charge in [-0.25, -0.2) is 9.98 Å². The molecule has 2 heterocycles. The van der Waals surface area contributed by atoms with Gasteiger partial charge in [0, 0.05) is 30.2 Å². The largest absolute Gasteiger partial charge is 0.459 e. The molecule has 26 heavy (non-hydrogen) atoms. The van der Waals surface area contributed by atoms with Crippen LogP contribution in [-0.4, -0.2) is 24.0 Å². The Balaban J connectivity index is 1.62. The Kier molecular flexibility index (Phi) is 6.12. The second-order valence-corrected chi connectivity index (χ2v) is 6.39. The summed E-state index contributed by atoms with van der Waals surface area (Å²) in [6.07, 6.45) is 2.64. The van der Waals surface area contributed by atoms with Crippen LogP contribution in [0.15, 0.2) is 52.0 Å². The molecular formula is C20H23ClN4O. The van der Waals surface area contributed by atoms with Gasteiger partial charge in [-0.05, 0) is 38.0 Å². The first kappa shape index (κ1) is 18.3. The molecule has 0 unspecified atom stereocenters. The molecule has 0 spiro atoms. The van der Waals surface area contributed by atoms with Crippen LogP contribution in [-0.2, 0) is 13.0 Å². The highest BCUT2D eigenvalue weighted by molar-refractivity contribution is 6.29. The number of furan rings is 1. The van der Waals surface area contributed by atoms with E-state index in [2.05, 4.69) is 33.6 Å². The Bertz CT molecular complexity index is 886. The van der Waals surface area contributed by atoms with Crippen molar-refractivity contribution in [3.63, 3.8) is 0 Å². The number of rotatable bonds is 6. The lowest BCUT2D eigenvalue weighted by atomic mass is 10.1. The highest BCUT2D eigenvalue weighted by Gasteiger charge is 2.09. The number of aliphatic imine (C=N–C) groups is 1. The Morgan fingerprint density at radius 2 is 2.04 bits per heavy atom. The van der Waals surface area contributed by atoms with E-state index in [0.29, 0.717) is 11.7 Å². The number of nitrogens with one attached hydrogen (secondary N) is 2. The predicted octanol–water partition coefficient (Wildman–Crippen LogP) is 4.09. The van der Waals surface area contributed by atoms with Gasteiger partial charge in [0.1, 0.15) is 23.0 Å². The third kappa shape index (κ3) is 4.55. The number of nitrogens with zero attached hydrogens (tertiary/aromatic N) is 2. The van der Waals surface area contributed by atoms with E-state index in [4.69, 9.17) is 16.0 Å². The van der Waals surface area contributed by atoms with Crippen LogP contribution < -0.4 is 10.6 Å². The predicted molar refractivity (Wildman–Crippen MR) is 107 cm³/mol. The summed E-state index contributed by atoms with van der Waals surface area (Å²) >= 11 is 5.81. The maximum Gasteiger partial charge on any atom is 0.191 e. The van der Waals surface area contributed by atoms with Crippen LogP contribution >= 0.6 is 11.6 Å². The molecule has 0 atom stereocenters. The first-order chi connectivity index (χ1) is 12.7. The molecule has 0 aliphatic rings. The second-order valence-electron chi connectivity index (χ2n) is 6.01. The van der Waals surface area contributed by atoms with Gasteiger partial charge in [-0.1, -0.05) is 35.9 Å². The number of guanidine groups is 1. The molecule has 0 aliphatic carbocycles. The lowest BCUT2D eigenvalue weighted by molar-refractivity contribution is 0.548. The van der Waals surface area contributed by atoms with E-state index < -0.39 is 0 Å². The van der Waals surface area contributed by atoms with Crippen LogP contribution in [0.4, 0.5) is 0 Å². The Hall–Kier alpha value is -2.53. The number of fused-ring (bicyclic) bond motifs is 1. The zero-order valence-electron chi connectivity index (χ0n) is 15.1. The van der Waals surface area contributed by atoms with Gasteiger partial charge in [-0.3, -0.25) is 0 Å². The molecule has 0 radical (unpaired) electrons. The summed E-state index contributed by atoms with van der Waals surface area (Å²) in [6, 6.07) is 11.9. The van der Waals surface area contributed by atoms with E-state index in [1.54, 1.807) is 12.3 Å². The second kappa shape index (κ2) is 8.72. The SMILES string of the molecule is CCNC(=NCc1oc2ccccc2c1C)NCCc1ccc(Cl)nc1. The van der Waals surface area contributed by atoms with E-state index in [1.165, 1.54) is 0 Å². The van der Waals surface area contributed by atoms with E-state index in [9.17, 15) is 0 Å². The average Bonchev–Trinajstić information content (AvgIpc) is 2.97. The van der Waals surface area contributed by atoms with Crippen molar-refractivity contribution in [3.05, 3.63) is 64.6 Å². The summed E-state index contributed by atoms with van der Waals surface area (Å²) in [5.41, 5.74) is 3.18. The van der Waals surface area contributed by atoms with Crippen LogP contribution in [0.5, 0.6) is 0 Å². The maximum absolute atomic E-state index is 5.93. The molecule has 136 valence electrons. The van der Waals surface area contributed by atoms with Crippen LogP contribution in [0.1, 0.15) is 23.8 Å². The van der Waals surface area contributed by atoms with E-state index in [0.717, 1.165) is 53.3 Å². The van der Waals surface area contributed by atoms with E-state index in [1.807, 2.05) is 31.2 Å². The highest BCUT2D eigenvalue weighted by Crippen LogP contribution is 2.25. The monoisotopic (exact) mass is 370 g/mol. The molecule has 5 nitrogen and oxygen atoms in total. The molecular weight excluding hydrogens is 348 g/mol. The van der Waals surface area contributed by atoms with Gasteiger partial charge in [0.15, 0.2) is 5.96 Å². The van der Waals surface area contributed by atoms with Gasteiger partial charge in [0.05, 0.1) is 0 Å². The summed E-state index contributed by atoms with van der Waals surface area (Å²) in [5, 5.41) is 8.26. The van der Waals surface area contributed by atoms with Crippen LogP contribution in [0.3, 0.4) is 0 Å². The molecule has 0 fully saturated rings. The van der Waals surface area contributed by atoms with Gasteiger partial charge < -0.3 is 15.1 Å². The van der Waals surface area contributed by atoms with Crippen molar-refractivity contribution >= 4 is 28.5 Å². The number of hydrogen-bond acceptors (Lipinski definition) is 3. The standard InChI is InChI=1S/C20H23ClN4O/c1-3-22-20(23-11-10-15-8-9-19(21)24-12-15)25-13-18-14(2)16-6-4-5-7-17(16)26-18/h4-9,12H,3,10-11,13H2,1-2H3,(H2,22,23,25). The maximum atomic E-state index is 5.93. The Morgan fingerprint density at radius 1 is 1.19 bits per heavy atom. The molecule has 6 heteroatoms. The minimum atomic E-state index is 0.498. The number of aryl methyl sites for hydroxylation is 1. The molecule has 0 aliphatic heterocycles. The van der Waals surface area contributed by atoms with Crippen molar-refractivity contribution in [2.75, 3.05) is 13.1 Å². The lowest BCUT2D eigenvalue weighted by Crippen LogP contribution is -2.38. The molecule has 2 N–H and O–H groups in total. The fourth-order valence-corrected chi connectivity index (χ4v) is 2.86. The number of hydrogen-bond donors (Lipinski definition) is 2. The van der Waals surface area contributed by atoms with Gasteiger partial charge in [-0.2, -0.15) is 0 Å². The van der Waals surface area contributed by atoms with Crippen LogP contribution in [0, 0.1) is 6.92 Å². The third-order valence-corrected chi connectivity index (χ3v) is 4.39. The highest BCUT2D eigenvalue weighted by atomic mass is 35.5. The van der Waals surface area contributed by atoms with Crippen LogP contribution in [0.25, 0.3) is 11.0 Å². The molecule has 1 aromatic carbocycles. The average molecular weight is 371 g/mol. The number of halogens is 1. The topological polar surface area (TPSA) is 62.5 Å². The molecule has 3 rings (SSSR count). The normalized spacial score (nSPS) is 11.7. The molecule has 0 amide bonds. The number of aromatic nitrogens is 1. The van der Waals surface area contributed by atoms with Crippen molar-refractivity contribution in [1.29, 1.82) is 0 Å². The first-order valence-electron chi connectivity index (χ1n) is 8.77. The lowest BCUT2D eigenvalue weighted by Gasteiger charge is -2.11. The quantitative estimate of drug-likeness (QED) is 0.390. The van der Waals surface area contributed by atoms with Crippen molar-refractivity contribution < 1.29 is 4.42 Å². The fourth-order valence-electron chi connectivity index (χ4n) is 2.75. The van der Waals surface area contributed by atoms with Crippen molar-refractivity contribution in [3.8, 4) is 0 Å². The third-order valence-electron chi connectivity index (χ3n) is 4.16. The summed E-state index contributed by atoms with van der Waals surface area (Å²) in [6.45, 7) is 6.18. The molecule has 2 aromatic heterocycles. The zero-order chi connectivity index (χ0) is 18.4. The molecule has 0 saturated heterocycles. The summed E-state index contributed by atoms with van der Waals surface area (Å²) in [7, 11) is 0. The van der Waals surface area contributed by atoms with Gasteiger partial charge >= 0.3 is 0 Å². The van der Waals surface area contributed by atoms with Crippen molar-refractivity contribution in [2.45, 2.75) is 26.8 Å². The van der Waals surface area contributed by atoms with Gasteiger partial charge in [0.2, 0.25) is 0 Å². The smallest absolute Gasteiger partial charge is 0.191 e. The number of pyridine rings is 1. The summed E-state index contributed by atoms with van der Waals surface area (Å²) in [5.74, 6) is 1.67. The summed E-state index contributed by atoms with van der Waals surface area (Å²) < 4.78 is 5.93. The van der Waals surface area contributed by atoms with Gasteiger partial charge in [-0.15, -0.1) is 0 Å². The van der Waals surface area contributed by atoms with Gasteiger partial charge in [0.25, 0.3) is 0 Å². The molecule has 0 saturated carbocycles.